The first kappa shape index (κ1) is 23.5. The van der Waals surface area contributed by atoms with Crippen molar-refractivity contribution in [1.82, 2.24) is 9.97 Å². The van der Waals surface area contributed by atoms with Gasteiger partial charge in [-0.25, -0.2) is 4.98 Å². The topological polar surface area (TPSA) is 114 Å². The fourth-order valence-electron chi connectivity index (χ4n) is 3.12. The van der Waals surface area contributed by atoms with Crippen molar-refractivity contribution in [3.8, 4) is 17.0 Å². The molecule has 0 aromatic carbocycles. The van der Waals surface area contributed by atoms with Crippen LogP contribution in [0.4, 0.5) is 4.39 Å². The van der Waals surface area contributed by atoms with E-state index in [-0.39, 0.29) is 11.5 Å². The SMILES string of the molecule is CC(=O)O[C@H]1[C@H](OC(C)=O)CSC(Oc2cc(-c3ccccn3)cnc2F)[C@@H]1OC(C)=O. The second kappa shape index (κ2) is 10.4. The van der Waals surface area contributed by atoms with Gasteiger partial charge in [0.05, 0.1) is 5.69 Å². The van der Waals surface area contributed by atoms with Gasteiger partial charge in [0.2, 0.25) is 0 Å². The molecule has 1 aliphatic rings. The van der Waals surface area contributed by atoms with Crippen LogP contribution in [0, 0.1) is 5.95 Å². The zero-order valence-corrected chi connectivity index (χ0v) is 18.3. The highest BCUT2D eigenvalue weighted by Gasteiger charge is 2.48. The molecule has 3 rings (SSSR count). The van der Waals surface area contributed by atoms with Gasteiger partial charge >= 0.3 is 17.9 Å². The Bertz CT molecular complexity index is 991. The van der Waals surface area contributed by atoms with Gasteiger partial charge in [-0.3, -0.25) is 19.4 Å². The highest BCUT2D eigenvalue weighted by Crippen LogP contribution is 2.35. The van der Waals surface area contributed by atoms with Crippen LogP contribution in [-0.2, 0) is 28.6 Å². The zero-order chi connectivity index (χ0) is 23.3. The molecule has 4 atom stereocenters. The van der Waals surface area contributed by atoms with Crippen molar-refractivity contribution in [1.29, 1.82) is 0 Å². The van der Waals surface area contributed by atoms with Crippen molar-refractivity contribution in [2.45, 2.75) is 44.5 Å². The van der Waals surface area contributed by atoms with Crippen molar-refractivity contribution in [3.63, 3.8) is 0 Å². The minimum absolute atomic E-state index is 0.162. The van der Waals surface area contributed by atoms with E-state index in [1.165, 1.54) is 33.0 Å². The van der Waals surface area contributed by atoms with Gasteiger partial charge < -0.3 is 18.9 Å². The van der Waals surface area contributed by atoms with Gasteiger partial charge in [-0.15, -0.1) is 11.8 Å². The number of halogens is 1. The van der Waals surface area contributed by atoms with E-state index in [1.54, 1.807) is 24.4 Å². The summed E-state index contributed by atoms with van der Waals surface area (Å²) >= 11 is 1.12. The third kappa shape index (κ3) is 5.94. The predicted molar refractivity (Wildman–Crippen MR) is 111 cm³/mol. The van der Waals surface area contributed by atoms with Crippen molar-refractivity contribution in [3.05, 3.63) is 42.6 Å². The lowest BCUT2D eigenvalue weighted by Gasteiger charge is -2.39. The Morgan fingerprint density at radius 1 is 1.00 bits per heavy atom. The molecule has 0 aliphatic carbocycles. The summed E-state index contributed by atoms with van der Waals surface area (Å²) in [6.07, 6.45) is -0.279. The Labute approximate surface area is 187 Å². The highest BCUT2D eigenvalue weighted by molar-refractivity contribution is 7.99. The smallest absolute Gasteiger partial charge is 0.303 e. The first-order valence-corrected chi connectivity index (χ1v) is 10.7. The van der Waals surface area contributed by atoms with Gasteiger partial charge in [0, 0.05) is 44.5 Å². The van der Waals surface area contributed by atoms with Crippen LogP contribution in [0.1, 0.15) is 20.8 Å². The molecule has 0 spiro atoms. The van der Waals surface area contributed by atoms with Crippen molar-refractivity contribution in [2.75, 3.05) is 5.75 Å². The number of carbonyl (C=O) groups excluding carboxylic acids is 3. The Balaban J connectivity index is 1.91. The number of hydrogen-bond acceptors (Lipinski definition) is 10. The fraction of sp³-hybridized carbons (Fsp3) is 0.381. The molecule has 1 fully saturated rings. The quantitative estimate of drug-likeness (QED) is 0.359. The highest BCUT2D eigenvalue weighted by atomic mass is 32.2. The van der Waals surface area contributed by atoms with Gasteiger partial charge in [0.15, 0.2) is 29.5 Å². The number of carbonyl (C=O) groups is 3. The molecule has 0 bridgehead atoms. The number of rotatable bonds is 6. The van der Waals surface area contributed by atoms with Gasteiger partial charge in [-0.1, -0.05) is 6.07 Å². The van der Waals surface area contributed by atoms with E-state index in [0.29, 0.717) is 11.3 Å². The number of esters is 3. The number of nitrogens with zero attached hydrogens (tertiary/aromatic N) is 2. The van der Waals surface area contributed by atoms with Crippen molar-refractivity contribution >= 4 is 29.7 Å². The lowest BCUT2D eigenvalue weighted by Crippen LogP contribution is -2.55. The maximum Gasteiger partial charge on any atom is 0.303 e. The maximum absolute atomic E-state index is 14.5. The van der Waals surface area contributed by atoms with Crippen molar-refractivity contribution < 1.29 is 37.7 Å². The monoisotopic (exact) mass is 464 g/mol. The fourth-order valence-corrected chi connectivity index (χ4v) is 4.33. The minimum Gasteiger partial charge on any atom is -0.471 e. The maximum atomic E-state index is 14.5. The predicted octanol–water partition coefficient (Wildman–Crippen LogP) is 2.53. The number of thioether (sulfide) groups is 1. The van der Waals surface area contributed by atoms with Gasteiger partial charge in [-0.2, -0.15) is 4.39 Å². The average Bonchev–Trinajstić information content (AvgIpc) is 2.73. The van der Waals surface area contributed by atoms with Crippen LogP contribution in [0.2, 0.25) is 0 Å². The molecular weight excluding hydrogens is 443 g/mol. The number of pyridine rings is 2. The number of ether oxygens (including phenoxy) is 4. The summed E-state index contributed by atoms with van der Waals surface area (Å²) in [7, 11) is 0. The summed E-state index contributed by atoms with van der Waals surface area (Å²) in [4.78, 5) is 42.8. The van der Waals surface area contributed by atoms with Gasteiger partial charge in [-0.05, 0) is 18.2 Å². The van der Waals surface area contributed by atoms with Gasteiger partial charge in [0.1, 0.15) is 0 Å². The minimum atomic E-state index is -1.17. The lowest BCUT2D eigenvalue weighted by atomic mass is 10.1. The van der Waals surface area contributed by atoms with Crippen LogP contribution in [-0.4, -0.2) is 57.4 Å². The second-order valence-electron chi connectivity index (χ2n) is 6.84. The molecule has 1 aliphatic heterocycles. The summed E-state index contributed by atoms with van der Waals surface area (Å²) in [6.45, 7) is 3.56. The van der Waals surface area contributed by atoms with E-state index in [0.717, 1.165) is 11.8 Å². The first-order valence-electron chi connectivity index (χ1n) is 9.61. The van der Waals surface area contributed by atoms with Crippen LogP contribution >= 0.6 is 11.8 Å². The molecule has 11 heteroatoms. The number of hydrogen-bond donors (Lipinski definition) is 0. The first-order chi connectivity index (χ1) is 15.2. The molecule has 3 heterocycles. The Morgan fingerprint density at radius 3 is 2.31 bits per heavy atom. The number of aromatic nitrogens is 2. The van der Waals surface area contributed by atoms with E-state index in [4.69, 9.17) is 18.9 Å². The molecule has 0 saturated carbocycles. The molecule has 0 N–H and O–H groups in total. The van der Waals surface area contributed by atoms with Crippen LogP contribution < -0.4 is 4.74 Å². The molecule has 0 radical (unpaired) electrons. The van der Waals surface area contributed by atoms with E-state index in [1.807, 2.05) is 0 Å². The summed E-state index contributed by atoms with van der Waals surface area (Å²) < 4.78 is 36.2. The zero-order valence-electron chi connectivity index (χ0n) is 17.5. The largest absolute Gasteiger partial charge is 0.471 e. The van der Waals surface area contributed by atoms with Crippen LogP contribution in [0.5, 0.6) is 5.75 Å². The summed E-state index contributed by atoms with van der Waals surface area (Å²) in [5.41, 5.74) is 0.108. The van der Waals surface area contributed by atoms with E-state index in [2.05, 4.69) is 9.97 Å². The van der Waals surface area contributed by atoms with E-state index < -0.39 is 47.6 Å². The molecule has 0 amide bonds. The lowest BCUT2D eigenvalue weighted by molar-refractivity contribution is -0.186. The molecule has 1 unspecified atom stereocenters. The van der Waals surface area contributed by atoms with Crippen molar-refractivity contribution in [2.24, 2.45) is 0 Å². The average molecular weight is 464 g/mol. The molecule has 1 saturated heterocycles. The van der Waals surface area contributed by atoms with Crippen LogP contribution in [0.25, 0.3) is 11.3 Å². The normalized spacial score (nSPS) is 22.5. The summed E-state index contributed by atoms with van der Waals surface area (Å²) in [6, 6.07) is 6.68. The summed E-state index contributed by atoms with van der Waals surface area (Å²) in [5.74, 6) is -2.85. The molecule has 2 aromatic heterocycles. The third-order valence-corrected chi connectivity index (χ3v) is 5.53. The van der Waals surface area contributed by atoms with E-state index >= 15 is 0 Å². The molecular formula is C21H21FN2O7S. The summed E-state index contributed by atoms with van der Waals surface area (Å²) in [5, 5.41) is 0. The Kier molecular flexibility index (Phi) is 7.62. The second-order valence-corrected chi connectivity index (χ2v) is 7.97. The van der Waals surface area contributed by atoms with Crippen LogP contribution in [0.15, 0.2) is 36.7 Å². The molecule has 9 nitrogen and oxygen atoms in total. The van der Waals surface area contributed by atoms with Crippen LogP contribution in [0.3, 0.4) is 0 Å². The standard InChI is InChI=1S/C21H21FN2O7S/c1-11(25)28-17-10-32-21(19(30-13(3)27)18(17)29-12(2)26)31-16-8-14(9-24-20(16)22)15-6-4-5-7-23-15/h4-9,17-19,21H,10H2,1-3H3/t17-,18+,19-,21?/m1/s1. The Hall–Kier alpha value is -3.21. The third-order valence-electron chi connectivity index (χ3n) is 4.32. The van der Waals surface area contributed by atoms with Gasteiger partial charge in [0.25, 0.3) is 5.95 Å². The Morgan fingerprint density at radius 2 is 1.69 bits per heavy atom. The van der Waals surface area contributed by atoms with E-state index in [9.17, 15) is 18.8 Å². The molecule has 170 valence electrons. The molecule has 2 aromatic rings. The molecule has 32 heavy (non-hydrogen) atoms.